The number of nitro groups is 1. The Labute approximate surface area is 149 Å². The van der Waals surface area contributed by atoms with E-state index in [9.17, 15) is 19.7 Å². The second kappa shape index (κ2) is 7.94. The summed E-state index contributed by atoms with van der Waals surface area (Å²) < 4.78 is 15.5. The van der Waals surface area contributed by atoms with E-state index in [4.69, 9.17) is 13.9 Å². The van der Waals surface area contributed by atoms with Crippen molar-refractivity contribution < 1.29 is 28.4 Å². The van der Waals surface area contributed by atoms with Gasteiger partial charge in [-0.2, -0.15) is 0 Å². The second-order valence-corrected chi connectivity index (χ2v) is 5.61. The first-order valence-electron chi connectivity index (χ1n) is 8.15. The monoisotopic (exact) mass is 364 g/mol. The fraction of sp³-hybridized carbons (Fsp3) is 0.471. The topological polar surface area (TPSA) is 121 Å². The summed E-state index contributed by atoms with van der Waals surface area (Å²) >= 11 is 0. The lowest BCUT2D eigenvalue weighted by Gasteiger charge is -2.29. The molecule has 140 valence electrons. The van der Waals surface area contributed by atoms with Crippen LogP contribution in [-0.4, -0.2) is 35.8 Å². The number of aliphatic imine (C=N–C) groups is 1. The van der Waals surface area contributed by atoms with Crippen LogP contribution in [0.5, 0.6) is 0 Å². The molecule has 2 atom stereocenters. The van der Waals surface area contributed by atoms with Gasteiger partial charge in [0.2, 0.25) is 0 Å². The van der Waals surface area contributed by atoms with Crippen LogP contribution >= 0.6 is 0 Å². The number of carbonyl (C=O) groups is 2. The van der Waals surface area contributed by atoms with Gasteiger partial charge in [-0.15, -0.1) is 0 Å². The first-order chi connectivity index (χ1) is 12.3. The Bertz CT molecular complexity index is 791. The number of rotatable bonds is 6. The van der Waals surface area contributed by atoms with E-state index in [-0.39, 0.29) is 24.5 Å². The van der Waals surface area contributed by atoms with Gasteiger partial charge in [0.25, 0.3) is 0 Å². The maximum Gasteiger partial charge on any atom is 0.433 e. The number of nitrogens with zero attached hydrogens (tertiary/aromatic N) is 2. The fourth-order valence-corrected chi connectivity index (χ4v) is 2.96. The van der Waals surface area contributed by atoms with Gasteiger partial charge in [0.1, 0.15) is 16.6 Å². The van der Waals surface area contributed by atoms with Crippen molar-refractivity contribution in [3.8, 4) is 0 Å². The highest BCUT2D eigenvalue weighted by atomic mass is 16.6. The molecule has 1 aromatic rings. The van der Waals surface area contributed by atoms with Gasteiger partial charge < -0.3 is 13.9 Å². The molecule has 0 saturated carbocycles. The summed E-state index contributed by atoms with van der Waals surface area (Å²) in [5.74, 6) is -3.48. The highest BCUT2D eigenvalue weighted by molar-refractivity contribution is 6.06. The number of hydrogen-bond donors (Lipinski definition) is 0. The standard InChI is InChI=1S/C17H20N2O7/c1-5-24-16(20)13-9(3)18-10(4)14(17(21)25-6-2)15(13)11-7-8-12(26-11)19(22)23/h7-8,13,15H,5-6H2,1-4H3. The zero-order valence-electron chi connectivity index (χ0n) is 15.0. The third-order valence-electron chi connectivity index (χ3n) is 3.96. The van der Waals surface area contributed by atoms with Gasteiger partial charge in [-0.25, -0.2) is 4.79 Å². The Morgan fingerprint density at radius 3 is 2.42 bits per heavy atom. The van der Waals surface area contributed by atoms with Crippen molar-refractivity contribution in [1.82, 2.24) is 0 Å². The first-order valence-corrected chi connectivity index (χ1v) is 8.15. The summed E-state index contributed by atoms with van der Waals surface area (Å²) in [6.45, 7) is 6.84. The molecule has 9 heteroatoms. The van der Waals surface area contributed by atoms with Crippen LogP contribution < -0.4 is 0 Å². The Balaban J connectivity index is 2.61. The minimum absolute atomic E-state index is 0.103. The largest absolute Gasteiger partial charge is 0.465 e. The minimum Gasteiger partial charge on any atom is -0.465 e. The van der Waals surface area contributed by atoms with Crippen LogP contribution in [0.15, 0.2) is 32.8 Å². The van der Waals surface area contributed by atoms with E-state index >= 15 is 0 Å². The quantitative estimate of drug-likeness (QED) is 0.432. The van der Waals surface area contributed by atoms with E-state index < -0.39 is 34.6 Å². The van der Waals surface area contributed by atoms with E-state index in [0.29, 0.717) is 11.4 Å². The van der Waals surface area contributed by atoms with Crippen molar-refractivity contribution >= 4 is 23.5 Å². The van der Waals surface area contributed by atoms with Gasteiger partial charge >= 0.3 is 17.8 Å². The minimum atomic E-state index is -0.941. The normalized spacial score (nSPS) is 19.8. The molecule has 0 saturated heterocycles. The second-order valence-electron chi connectivity index (χ2n) is 5.61. The molecule has 2 unspecified atom stereocenters. The number of furan rings is 1. The third kappa shape index (κ3) is 3.66. The van der Waals surface area contributed by atoms with Crippen molar-refractivity contribution in [2.75, 3.05) is 13.2 Å². The van der Waals surface area contributed by atoms with E-state index in [0.717, 1.165) is 0 Å². The van der Waals surface area contributed by atoms with Crippen LogP contribution in [0.4, 0.5) is 5.88 Å². The van der Waals surface area contributed by atoms with Crippen molar-refractivity contribution in [2.45, 2.75) is 33.6 Å². The van der Waals surface area contributed by atoms with E-state index in [1.165, 1.54) is 12.1 Å². The van der Waals surface area contributed by atoms with Crippen LogP contribution in [0.2, 0.25) is 0 Å². The number of allylic oxidation sites excluding steroid dienone is 1. The van der Waals surface area contributed by atoms with Crippen LogP contribution in [0.25, 0.3) is 0 Å². The summed E-state index contributed by atoms with van der Waals surface area (Å²) in [6, 6.07) is 2.55. The SMILES string of the molecule is CCOC(=O)C1=C(C)N=C(C)C(C(=O)OCC)C1c1ccc([N+](=O)[O-])o1. The summed E-state index contributed by atoms with van der Waals surface area (Å²) in [5.41, 5.74) is 0.920. The van der Waals surface area contributed by atoms with Crippen LogP contribution in [0, 0.1) is 16.0 Å². The average molecular weight is 364 g/mol. The van der Waals surface area contributed by atoms with Crippen molar-refractivity contribution in [3.63, 3.8) is 0 Å². The molecule has 1 aromatic heterocycles. The average Bonchev–Trinajstić information content (AvgIpc) is 3.04. The summed E-state index contributed by atoms with van der Waals surface area (Å²) in [7, 11) is 0. The predicted molar refractivity (Wildman–Crippen MR) is 90.7 cm³/mol. The summed E-state index contributed by atoms with van der Waals surface area (Å²) in [4.78, 5) is 39.6. The molecule has 0 aliphatic carbocycles. The first kappa shape index (κ1) is 19.4. The van der Waals surface area contributed by atoms with Gasteiger partial charge in [0.05, 0.1) is 30.8 Å². The molecule has 1 aliphatic rings. The van der Waals surface area contributed by atoms with Gasteiger partial charge in [-0.05, 0) is 33.8 Å². The molecule has 0 N–H and O–H groups in total. The zero-order chi connectivity index (χ0) is 19.4. The maximum absolute atomic E-state index is 12.5. The lowest BCUT2D eigenvalue weighted by molar-refractivity contribution is -0.402. The van der Waals surface area contributed by atoms with Crippen LogP contribution in [0.1, 0.15) is 39.4 Å². The molecule has 2 heterocycles. The molecule has 0 aromatic carbocycles. The number of ether oxygens (including phenoxy) is 2. The Morgan fingerprint density at radius 1 is 1.23 bits per heavy atom. The molecule has 2 rings (SSSR count). The lowest BCUT2D eigenvalue weighted by atomic mass is 9.78. The molecule has 0 fully saturated rings. The van der Waals surface area contributed by atoms with Gasteiger partial charge in [0.15, 0.2) is 0 Å². The maximum atomic E-state index is 12.5. The van der Waals surface area contributed by atoms with Crippen molar-refractivity contribution in [2.24, 2.45) is 10.9 Å². The number of hydrogen-bond acceptors (Lipinski definition) is 8. The summed E-state index contributed by atoms with van der Waals surface area (Å²) in [6.07, 6.45) is 0. The predicted octanol–water partition coefficient (Wildman–Crippen LogP) is 2.76. The Kier molecular flexibility index (Phi) is 5.91. The third-order valence-corrected chi connectivity index (χ3v) is 3.96. The Hall–Kier alpha value is -2.97. The number of carbonyl (C=O) groups excluding carboxylic acids is 2. The smallest absolute Gasteiger partial charge is 0.433 e. The molecule has 0 bridgehead atoms. The fourth-order valence-electron chi connectivity index (χ4n) is 2.96. The van der Waals surface area contributed by atoms with Crippen molar-refractivity contribution in [1.29, 1.82) is 0 Å². The van der Waals surface area contributed by atoms with Gasteiger partial charge in [0, 0.05) is 11.4 Å². The number of esters is 2. The highest BCUT2D eigenvalue weighted by Gasteiger charge is 2.44. The molecule has 0 spiro atoms. The van der Waals surface area contributed by atoms with E-state index in [1.807, 2.05) is 0 Å². The van der Waals surface area contributed by atoms with Crippen LogP contribution in [-0.2, 0) is 19.1 Å². The summed E-state index contributed by atoms with van der Waals surface area (Å²) in [5, 5.41) is 11.0. The molecule has 9 nitrogen and oxygen atoms in total. The van der Waals surface area contributed by atoms with Gasteiger partial charge in [-0.1, -0.05) is 0 Å². The molecule has 1 aliphatic heterocycles. The molecule has 26 heavy (non-hydrogen) atoms. The van der Waals surface area contributed by atoms with Crippen molar-refractivity contribution in [3.05, 3.63) is 39.3 Å². The van der Waals surface area contributed by atoms with Crippen LogP contribution in [0.3, 0.4) is 0 Å². The molecule has 0 radical (unpaired) electrons. The lowest BCUT2D eigenvalue weighted by Crippen LogP contribution is -2.36. The van der Waals surface area contributed by atoms with E-state index in [2.05, 4.69) is 4.99 Å². The van der Waals surface area contributed by atoms with Gasteiger partial charge in [-0.3, -0.25) is 19.9 Å². The molecule has 0 amide bonds. The highest BCUT2D eigenvalue weighted by Crippen LogP contribution is 2.41. The Morgan fingerprint density at radius 2 is 1.88 bits per heavy atom. The van der Waals surface area contributed by atoms with E-state index in [1.54, 1.807) is 27.7 Å². The zero-order valence-corrected chi connectivity index (χ0v) is 15.0. The molecular formula is C17H20N2O7. The molecular weight excluding hydrogens is 344 g/mol.